The highest BCUT2D eigenvalue weighted by molar-refractivity contribution is 5.01. The molecule has 0 amide bonds. The van der Waals surface area contributed by atoms with E-state index in [1.54, 1.807) is 0 Å². The van der Waals surface area contributed by atoms with Gasteiger partial charge in [-0.3, -0.25) is 0 Å². The lowest BCUT2D eigenvalue weighted by Crippen LogP contribution is -2.34. The summed E-state index contributed by atoms with van der Waals surface area (Å²) in [5.74, 6) is 1.85. The summed E-state index contributed by atoms with van der Waals surface area (Å²) in [7, 11) is 0. The maximum Gasteiger partial charge on any atom is 0.246 e. The summed E-state index contributed by atoms with van der Waals surface area (Å²) in [5.41, 5.74) is 0. The molecule has 2 aliphatic rings. The zero-order valence-corrected chi connectivity index (χ0v) is 10.6. The lowest BCUT2D eigenvalue weighted by Gasteiger charge is -2.20. The van der Waals surface area contributed by atoms with Crippen molar-refractivity contribution >= 4 is 0 Å². The molecule has 6 nitrogen and oxygen atoms in total. The van der Waals surface area contributed by atoms with Crippen LogP contribution in [0.4, 0.5) is 0 Å². The van der Waals surface area contributed by atoms with Crippen LogP contribution in [0.3, 0.4) is 0 Å². The number of nitrogens with one attached hydrogen (secondary N) is 1. The number of aromatic nitrogens is 2. The average Bonchev–Trinajstić information content (AvgIpc) is 3.14. The quantitative estimate of drug-likeness (QED) is 0.850. The molecule has 1 aromatic heterocycles. The van der Waals surface area contributed by atoms with Crippen LogP contribution in [0.2, 0.25) is 0 Å². The van der Waals surface area contributed by atoms with Gasteiger partial charge in [0, 0.05) is 13.2 Å². The highest BCUT2D eigenvalue weighted by Gasteiger charge is 2.36. The smallest absolute Gasteiger partial charge is 0.246 e. The molecule has 1 aromatic rings. The van der Waals surface area contributed by atoms with Crippen LogP contribution in [0.1, 0.15) is 43.6 Å². The summed E-state index contributed by atoms with van der Waals surface area (Å²) in [4.78, 5) is 4.47. The van der Waals surface area contributed by atoms with Gasteiger partial charge in [-0.2, -0.15) is 4.98 Å². The van der Waals surface area contributed by atoms with Gasteiger partial charge in [0.05, 0.1) is 13.2 Å². The lowest BCUT2D eigenvalue weighted by molar-refractivity contribution is 0.0384. The maximum absolute atomic E-state index is 5.72. The van der Waals surface area contributed by atoms with Crippen molar-refractivity contribution in [1.29, 1.82) is 0 Å². The van der Waals surface area contributed by atoms with Crippen LogP contribution in [0.15, 0.2) is 4.52 Å². The number of hydrogen-bond acceptors (Lipinski definition) is 6. The Morgan fingerprint density at radius 2 is 2.39 bits per heavy atom. The van der Waals surface area contributed by atoms with Crippen molar-refractivity contribution in [2.24, 2.45) is 5.92 Å². The van der Waals surface area contributed by atoms with Gasteiger partial charge in [-0.15, -0.1) is 0 Å². The van der Waals surface area contributed by atoms with Crippen LogP contribution in [-0.4, -0.2) is 36.5 Å². The minimum atomic E-state index is -0.00277. The molecule has 2 unspecified atom stereocenters. The van der Waals surface area contributed by atoms with Crippen LogP contribution >= 0.6 is 0 Å². The summed E-state index contributed by atoms with van der Waals surface area (Å²) in [6.07, 6.45) is 2.38. The van der Waals surface area contributed by atoms with Gasteiger partial charge in [-0.05, 0) is 25.7 Å². The van der Waals surface area contributed by atoms with Gasteiger partial charge in [0.2, 0.25) is 11.7 Å². The fraction of sp³-hybridized carbons (Fsp3) is 0.833. The van der Waals surface area contributed by atoms with E-state index in [1.807, 2.05) is 6.92 Å². The topological polar surface area (TPSA) is 69.4 Å². The normalized spacial score (nSPS) is 26.2. The Labute approximate surface area is 106 Å². The molecule has 18 heavy (non-hydrogen) atoms. The maximum atomic E-state index is 5.72. The van der Waals surface area contributed by atoms with E-state index in [2.05, 4.69) is 15.5 Å². The molecule has 1 saturated heterocycles. The first kappa shape index (κ1) is 12.1. The minimum absolute atomic E-state index is 0.00277. The van der Waals surface area contributed by atoms with Crippen molar-refractivity contribution in [3.63, 3.8) is 0 Å². The van der Waals surface area contributed by atoms with Crippen LogP contribution in [0.25, 0.3) is 0 Å². The second-order valence-electron chi connectivity index (χ2n) is 4.79. The van der Waals surface area contributed by atoms with E-state index in [9.17, 15) is 0 Å². The largest absolute Gasteiger partial charge is 0.378 e. The SMILES string of the molecule is CCOC(c1noc(C2COCCN2)n1)C1CC1. The molecule has 2 fully saturated rings. The summed E-state index contributed by atoms with van der Waals surface area (Å²) in [5, 5.41) is 7.37. The van der Waals surface area contributed by atoms with E-state index in [-0.39, 0.29) is 12.1 Å². The van der Waals surface area contributed by atoms with Crippen LogP contribution < -0.4 is 5.32 Å². The third-order valence-electron chi connectivity index (χ3n) is 3.33. The van der Waals surface area contributed by atoms with E-state index < -0.39 is 0 Å². The van der Waals surface area contributed by atoms with Crippen LogP contribution in [0, 0.1) is 5.92 Å². The molecular weight excluding hydrogens is 234 g/mol. The van der Waals surface area contributed by atoms with E-state index in [4.69, 9.17) is 14.0 Å². The molecule has 0 bridgehead atoms. The summed E-state index contributed by atoms with van der Waals surface area (Å²) < 4.78 is 16.4. The predicted molar refractivity (Wildman–Crippen MR) is 63.0 cm³/mol. The highest BCUT2D eigenvalue weighted by Crippen LogP contribution is 2.42. The van der Waals surface area contributed by atoms with Gasteiger partial charge in [-0.25, -0.2) is 0 Å². The summed E-state index contributed by atoms with van der Waals surface area (Å²) >= 11 is 0. The average molecular weight is 253 g/mol. The Bertz CT molecular complexity index is 386. The van der Waals surface area contributed by atoms with Crippen LogP contribution in [0.5, 0.6) is 0 Å². The number of nitrogens with zero attached hydrogens (tertiary/aromatic N) is 2. The zero-order chi connectivity index (χ0) is 12.4. The monoisotopic (exact) mass is 253 g/mol. The molecule has 1 aliphatic carbocycles. The van der Waals surface area contributed by atoms with Gasteiger partial charge in [0.1, 0.15) is 12.1 Å². The molecule has 0 spiro atoms. The third-order valence-corrected chi connectivity index (χ3v) is 3.33. The molecule has 1 N–H and O–H groups in total. The Balaban J connectivity index is 1.70. The first-order valence-corrected chi connectivity index (χ1v) is 6.64. The summed E-state index contributed by atoms with van der Waals surface area (Å²) in [6, 6.07) is 0.0153. The van der Waals surface area contributed by atoms with Gasteiger partial charge in [0.15, 0.2) is 0 Å². The molecule has 2 heterocycles. The van der Waals surface area contributed by atoms with Crippen molar-refractivity contribution in [2.45, 2.75) is 31.9 Å². The number of hydrogen-bond donors (Lipinski definition) is 1. The first-order valence-electron chi connectivity index (χ1n) is 6.64. The zero-order valence-electron chi connectivity index (χ0n) is 10.6. The predicted octanol–water partition coefficient (Wildman–Crippen LogP) is 1.22. The van der Waals surface area contributed by atoms with Crippen molar-refractivity contribution in [2.75, 3.05) is 26.4 Å². The van der Waals surface area contributed by atoms with Gasteiger partial charge >= 0.3 is 0 Å². The molecule has 100 valence electrons. The van der Waals surface area contributed by atoms with Crippen molar-refractivity contribution in [1.82, 2.24) is 15.5 Å². The van der Waals surface area contributed by atoms with Crippen molar-refractivity contribution < 1.29 is 14.0 Å². The molecule has 6 heteroatoms. The molecule has 0 radical (unpaired) electrons. The van der Waals surface area contributed by atoms with E-state index in [0.29, 0.717) is 30.8 Å². The fourth-order valence-electron chi connectivity index (χ4n) is 2.23. The number of ether oxygens (including phenoxy) is 2. The van der Waals surface area contributed by atoms with Gasteiger partial charge < -0.3 is 19.3 Å². The van der Waals surface area contributed by atoms with Gasteiger partial charge in [0.25, 0.3) is 0 Å². The molecule has 3 rings (SSSR count). The Morgan fingerprint density at radius 1 is 1.50 bits per heavy atom. The highest BCUT2D eigenvalue weighted by atomic mass is 16.5. The minimum Gasteiger partial charge on any atom is -0.378 e. The standard InChI is InChI=1S/C12H19N3O3/c1-2-17-10(8-3-4-8)11-14-12(18-15-11)9-7-16-6-5-13-9/h8-10,13H,2-7H2,1H3. The van der Waals surface area contributed by atoms with Crippen LogP contribution in [-0.2, 0) is 9.47 Å². The third kappa shape index (κ3) is 2.55. The molecule has 1 aliphatic heterocycles. The van der Waals surface area contributed by atoms with Gasteiger partial charge in [-0.1, -0.05) is 5.16 Å². The van der Waals surface area contributed by atoms with Crippen molar-refractivity contribution in [3.05, 3.63) is 11.7 Å². The van der Waals surface area contributed by atoms with Crippen molar-refractivity contribution in [3.8, 4) is 0 Å². The lowest BCUT2D eigenvalue weighted by atomic mass is 10.2. The Morgan fingerprint density at radius 3 is 3.06 bits per heavy atom. The first-order chi connectivity index (χ1) is 8.88. The van der Waals surface area contributed by atoms with E-state index in [0.717, 1.165) is 13.2 Å². The number of morpholine rings is 1. The second kappa shape index (κ2) is 5.34. The fourth-order valence-corrected chi connectivity index (χ4v) is 2.23. The summed E-state index contributed by atoms with van der Waals surface area (Å²) in [6.45, 7) is 4.81. The molecule has 2 atom stereocenters. The molecule has 0 aromatic carbocycles. The Hall–Kier alpha value is -0.980. The van der Waals surface area contributed by atoms with E-state index in [1.165, 1.54) is 12.8 Å². The Kier molecular flexibility index (Phi) is 3.58. The molecular formula is C12H19N3O3. The van der Waals surface area contributed by atoms with E-state index >= 15 is 0 Å². The number of rotatable bonds is 5. The molecule has 1 saturated carbocycles. The second-order valence-corrected chi connectivity index (χ2v) is 4.79.